The molecule has 38 heavy (non-hydrogen) atoms. The molecule has 3 aromatic carbocycles. The molecule has 0 atom stereocenters. The Morgan fingerprint density at radius 1 is 0.763 bits per heavy atom. The average Bonchev–Trinajstić information content (AvgIpc) is 2.94. The first kappa shape index (κ1) is 28.4. The van der Waals surface area contributed by atoms with E-state index in [0.717, 1.165) is 44.6 Å². The lowest BCUT2D eigenvalue weighted by Gasteiger charge is -2.31. The number of carboxylic acid groups (broad SMARTS) is 2. The SMILES string of the molecule is O=C(NCCc1ccccc1)C1CCN(Cc2ccc(OCc3ccccc3)cc2)CC1.O=C(O)C(=O)O. The second-order valence-corrected chi connectivity index (χ2v) is 9.11. The minimum Gasteiger partial charge on any atom is -0.489 e. The summed E-state index contributed by atoms with van der Waals surface area (Å²) >= 11 is 0. The fraction of sp³-hybridized carbons (Fsp3) is 0.300. The number of carboxylic acids is 2. The Hall–Kier alpha value is -4.17. The molecule has 1 saturated heterocycles. The molecular weight excluding hydrogens is 484 g/mol. The van der Waals surface area contributed by atoms with Crippen LogP contribution in [0.5, 0.6) is 5.75 Å². The van der Waals surface area contributed by atoms with Crippen molar-refractivity contribution in [2.24, 2.45) is 5.92 Å². The van der Waals surface area contributed by atoms with Crippen molar-refractivity contribution in [3.8, 4) is 5.75 Å². The molecule has 0 radical (unpaired) electrons. The first-order valence-corrected chi connectivity index (χ1v) is 12.7. The Labute approximate surface area is 222 Å². The van der Waals surface area contributed by atoms with Gasteiger partial charge in [-0.1, -0.05) is 72.8 Å². The molecule has 3 N–H and O–H groups in total. The number of carbonyl (C=O) groups is 3. The lowest BCUT2D eigenvalue weighted by molar-refractivity contribution is -0.159. The number of benzene rings is 3. The van der Waals surface area contributed by atoms with Gasteiger partial charge in [-0.2, -0.15) is 0 Å². The van der Waals surface area contributed by atoms with E-state index in [4.69, 9.17) is 24.5 Å². The second kappa shape index (κ2) is 15.2. The largest absolute Gasteiger partial charge is 0.489 e. The second-order valence-electron chi connectivity index (χ2n) is 9.11. The van der Waals surface area contributed by atoms with Gasteiger partial charge >= 0.3 is 11.9 Å². The topological polar surface area (TPSA) is 116 Å². The quantitative estimate of drug-likeness (QED) is 0.367. The molecule has 8 nitrogen and oxygen atoms in total. The van der Waals surface area contributed by atoms with E-state index >= 15 is 0 Å². The lowest BCUT2D eigenvalue weighted by atomic mass is 9.95. The van der Waals surface area contributed by atoms with Gasteiger partial charge in [0.05, 0.1) is 0 Å². The predicted molar refractivity (Wildman–Crippen MR) is 144 cm³/mol. The van der Waals surface area contributed by atoms with Crippen LogP contribution in [0.2, 0.25) is 0 Å². The van der Waals surface area contributed by atoms with E-state index in [1.54, 1.807) is 0 Å². The van der Waals surface area contributed by atoms with Gasteiger partial charge in [0.15, 0.2) is 0 Å². The van der Waals surface area contributed by atoms with Gasteiger partial charge in [0, 0.05) is 19.0 Å². The van der Waals surface area contributed by atoms with E-state index in [1.165, 1.54) is 16.7 Å². The fourth-order valence-corrected chi connectivity index (χ4v) is 4.16. The fourth-order valence-electron chi connectivity index (χ4n) is 4.16. The maximum Gasteiger partial charge on any atom is 0.414 e. The number of nitrogens with one attached hydrogen (secondary N) is 1. The van der Waals surface area contributed by atoms with Crippen molar-refractivity contribution in [3.05, 3.63) is 102 Å². The van der Waals surface area contributed by atoms with Gasteiger partial charge in [-0.15, -0.1) is 0 Å². The van der Waals surface area contributed by atoms with Gasteiger partial charge in [-0.25, -0.2) is 9.59 Å². The monoisotopic (exact) mass is 518 g/mol. The molecule has 1 amide bonds. The van der Waals surface area contributed by atoms with Crippen LogP contribution in [0.25, 0.3) is 0 Å². The molecular formula is C30H34N2O6. The van der Waals surface area contributed by atoms with E-state index in [9.17, 15) is 4.79 Å². The van der Waals surface area contributed by atoms with Crippen molar-refractivity contribution in [1.29, 1.82) is 0 Å². The summed E-state index contributed by atoms with van der Waals surface area (Å²) in [5.41, 5.74) is 3.71. The van der Waals surface area contributed by atoms with Crippen molar-refractivity contribution in [3.63, 3.8) is 0 Å². The van der Waals surface area contributed by atoms with Crippen molar-refractivity contribution in [1.82, 2.24) is 10.2 Å². The zero-order valence-electron chi connectivity index (χ0n) is 21.3. The smallest absolute Gasteiger partial charge is 0.414 e. The van der Waals surface area contributed by atoms with Crippen LogP contribution in [-0.2, 0) is 34.0 Å². The van der Waals surface area contributed by atoms with Crippen molar-refractivity contribution in [2.45, 2.75) is 32.4 Å². The van der Waals surface area contributed by atoms with Gasteiger partial charge in [0.1, 0.15) is 12.4 Å². The molecule has 0 aromatic heterocycles. The van der Waals surface area contributed by atoms with Gasteiger partial charge in [-0.3, -0.25) is 9.69 Å². The van der Waals surface area contributed by atoms with Crippen molar-refractivity contribution < 1.29 is 29.3 Å². The summed E-state index contributed by atoms with van der Waals surface area (Å²) in [6.45, 7) is 4.14. The van der Waals surface area contributed by atoms with Crippen molar-refractivity contribution in [2.75, 3.05) is 19.6 Å². The predicted octanol–water partition coefficient (Wildman–Crippen LogP) is 3.99. The van der Waals surface area contributed by atoms with E-state index in [-0.39, 0.29) is 11.8 Å². The van der Waals surface area contributed by atoms with Crippen molar-refractivity contribution >= 4 is 17.8 Å². The lowest BCUT2D eigenvalue weighted by Crippen LogP contribution is -2.40. The zero-order valence-corrected chi connectivity index (χ0v) is 21.3. The van der Waals surface area contributed by atoms with E-state index in [2.05, 4.69) is 46.6 Å². The molecule has 0 spiro atoms. The van der Waals surface area contributed by atoms with Gasteiger partial charge in [0.2, 0.25) is 5.91 Å². The first-order valence-electron chi connectivity index (χ1n) is 12.7. The van der Waals surface area contributed by atoms with E-state index in [1.807, 2.05) is 48.5 Å². The number of likely N-dealkylation sites (tertiary alicyclic amines) is 1. The third-order valence-electron chi connectivity index (χ3n) is 6.27. The molecule has 4 rings (SSSR count). The highest BCUT2D eigenvalue weighted by atomic mass is 16.5. The highest BCUT2D eigenvalue weighted by Crippen LogP contribution is 2.21. The number of aliphatic carboxylic acids is 2. The Kier molecular flexibility index (Phi) is 11.3. The molecule has 8 heteroatoms. The van der Waals surface area contributed by atoms with Crippen LogP contribution < -0.4 is 10.1 Å². The molecule has 0 unspecified atom stereocenters. The van der Waals surface area contributed by atoms with Crippen LogP contribution in [0.3, 0.4) is 0 Å². The molecule has 1 heterocycles. The van der Waals surface area contributed by atoms with Gasteiger partial charge < -0.3 is 20.3 Å². The number of nitrogens with zero attached hydrogens (tertiary/aromatic N) is 1. The van der Waals surface area contributed by atoms with Gasteiger partial charge in [0.25, 0.3) is 0 Å². The number of hydrogen-bond donors (Lipinski definition) is 3. The van der Waals surface area contributed by atoms with Crippen LogP contribution in [0.4, 0.5) is 0 Å². The number of amides is 1. The van der Waals surface area contributed by atoms with Crippen LogP contribution in [0.15, 0.2) is 84.9 Å². The van der Waals surface area contributed by atoms with E-state index < -0.39 is 11.9 Å². The summed E-state index contributed by atoms with van der Waals surface area (Å²) in [6.07, 6.45) is 2.74. The number of rotatable bonds is 9. The van der Waals surface area contributed by atoms with Gasteiger partial charge in [-0.05, 0) is 61.2 Å². The Bertz CT molecular complexity index is 1130. The maximum atomic E-state index is 12.5. The molecule has 1 fully saturated rings. The Balaban J connectivity index is 0.000000599. The third-order valence-corrected chi connectivity index (χ3v) is 6.27. The summed E-state index contributed by atoms with van der Waals surface area (Å²) in [6, 6.07) is 28.9. The third kappa shape index (κ3) is 10.1. The number of hydrogen-bond acceptors (Lipinski definition) is 5. The Morgan fingerprint density at radius 2 is 1.32 bits per heavy atom. The zero-order chi connectivity index (χ0) is 27.2. The first-order chi connectivity index (χ1) is 18.4. The van der Waals surface area contributed by atoms with E-state index in [0.29, 0.717) is 13.2 Å². The summed E-state index contributed by atoms with van der Waals surface area (Å²) in [4.78, 5) is 33.1. The molecule has 0 saturated carbocycles. The minimum absolute atomic E-state index is 0.135. The number of carbonyl (C=O) groups excluding carboxylic acids is 1. The van der Waals surface area contributed by atoms with Crippen LogP contribution in [0, 0.1) is 5.92 Å². The summed E-state index contributed by atoms with van der Waals surface area (Å²) in [5, 5.41) is 17.9. The van der Waals surface area contributed by atoms with Crippen LogP contribution in [0.1, 0.15) is 29.5 Å². The Morgan fingerprint density at radius 3 is 1.87 bits per heavy atom. The highest BCUT2D eigenvalue weighted by molar-refractivity contribution is 6.27. The molecule has 3 aromatic rings. The normalized spacial score (nSPS) is 13.6. The standard InChI is InChI=1S/C28H32N2O2.C2H2O4/c31-28(29-18-15-23-7-3-1-4-8-23)26-16-19-30(20-17-26)21-24-11-13-27(14-12-24)32-22-25-9-5-2-6-10-25;3-1(4)2(5)6/h1-14,26H,15-22H2,(H,29,31);(H,3,4)(H,5,6). The summed E-state index contributed by atoms with van der Waals surface area (Å²) in [7, 11) is 0. The average molecular weight is 519 g/mol. The molecule has 1 aliphatic rings. The minimum atomic E-state index is -1.82. The molecule has 1 aliphatic heterocycles. The molecule has 0 bridgehead atoms. The maximum absolute atomic E-state index is 12.5. The van der Waals surface area contributed by atoms with Crippen LogP contribution >= 0.6 is 0 Å². The summed E-state index contributed by atoms with van der Waals surface area (Å²) in [5.74, 6) is -2.41. The highest BCUT2D eigenvalue weighted by Gasteiger charge is 2.24. The number of piperidine rings is 1. The van der Waals surface area contributed by atoms with Crippen LogP contribution in [-0.4, -0.2) is 52.6 Å². The molecule has 200 valence electrons. The molecule has 0 aliphatic carbocycles. The number of ether oxygens (including phenoxy) is 1. The summed E-state index contributed by atoms with van der Waals surface area (Å²) < 4.78 is 5.88.